The Hall–Kier alpha value is -2.61. The third-order valence-electron chi connectivity index (χ3n) is 5.60. The topological polar surface area (TPSA) is 61.9 Å². The van der Waals surface area contributed by atoms with Crippen molar-refractivity contribution < 1.29 is 18.7 Å². The van der Waals surface area contributed by atoms with Gasteiger partial charge in [0.25, 0.3) is 0 Å². The lowest BCUT2D eigenvalue weighted by Crippen LogP contribution is -2.51. The highest BCUT2D eigenvalue weighted by molar-refractivity contribution is 7.10. The monoisotopic (exact) mass is 445 g/mol. The van der Waals surface area contributed by atoms with Crippen LogP contribution in [0.15, 0.2) is 35.7 Å². The maximum absolute atomic E-state index is 13.3. The summed E-state index contributed by atoms with van der Waals surface area (Å²) in [6, 6.07) is 7.67. The first kappa shape index (κ1) is 21.6. The molecule has 0 spiro atoms. The van der Waals surface area contributed by atoms with Crippen LogP contribution in [0.25, 0.3) is 0 Å². The number of fused-ring (bicyclic) bond motifs is 1. The standard InChI is InChI=1S/C23H28FN3O3S/c1-15(2)25-23(29)27(17-5-6-17)13-22(28)26-11-9-21-19(10-12-31-21)20(26)14-30-18-7-3-16(24)4-8-18/h3-4,7-8,10,12,15,17,20H,5-6,9,11,13-14H2,1-2H3,(H,25,29)/t20-/m1/s1. The molecule has 2 aromatic rings. The molecule has 8 heteroatoms. The molecule has 1 atom stereocenters. The van der Waals surface area contributed by atoms with Crippen molar-refractivity contribution in [2.45, 2.75) is 51.2 Å². The molecule has 1 aromatic heterocycles. The number of carbonyl (C=O) groups is 2. The summed E-state index contributed by atoms with van der Waals surface area (Å²) in [6.07, 6.45) is 2.67. The van der Waals surface area contributed by atoms with Crippen molar-refractivity contribution in [3.8, 4) is 5.75 Å². The first-order valence-corrected chi connectivity index (χ1v) is 11.6. The van der Waals surface area contributed by atoms with Crippen LogP contribution in [0.3, 0.4) is 0 Å². The van der Waals surface area contributed by atoms with Crippen molar-refractivity contribution in [1.82, 2.24) is 15.1 Å². The van der Waals surface area contributed by atoms with Gasteiger partial charge in [-0.2, -0.15) is 0 Å². The maximum Gasteiger partial charge on any atom is 0.318 e. The minimum Gasteiger partial charge on any atom is -0.491 e. The van der Waals surface area contributed by atoms with Gasteiger partial charge in [0.05, 0.1) is 6.04 Å². The van der Waals surface area contributed by atoms with Crippen molar-refractivity contribution in [1.29, 1.82) is 0 Å². The molecule has 1 aromatic carbocycles. The molecule has 166 valence electrons. The summed E-state index contributed by atoms with van der Waals surface area (Å²) in [7, 11) is 0. The number of hydrogen-bond acceptors (Lipinski definition) is 4. The molecule has 2 aliphatic rings. The lowest BCUT2D eigenvalue weighted by molar-refractivity contribution is -0.135. The molecule has 1 saturated carbocycles. The molecule has 1 N–H and O–H groups in total. The third kappa shape index (κ3) is 5.18. The van der Waals surface area contributed by atoms with E-state index in [9.17, 15) is 14.0 Å². The number of urea groups is 1. The number of hydrogen-bond donors (Lipinski definition) is 1. The zero-order valence-electron chi connectivity index (χ0n) is 17.8. The lowest BCUT2D eigenvalue weighted by Gasteiger charge is -2.37. The Balaban J connectivity index is 1.48. The Morgan fingerprint density at radius 2 is 2.00 bits per heavy atom. The summed E-state index contributed by atoms with van der Waals surface area (Å²) < 4.78 is 19.1. The molecular formula is C23H28FN3O3S. The summed E-state index contributed by atoms with van der Waals surface area (Å²) >= 11 is 1.69. The summed E-state index contributed by atoms with van der Waals surface area (Å²) in [5, 5.41) is 4.95. The van der Waals surface area contributed by atoms with Gasteiger partial charge in [-0.05, 0) is 74.4 Å². The Bertz CT molecular complexity index is 926. The second-order valence-corrected chi connectivity index (χ2v) is 9.38. The Labute approximate surface area is 186 Å². The van der Waals surface area contributed by atoms with Crippen molar-refractivity contribution >= 4 is 23.3 Å². The largest absolute Gasteiger partial charge is 0.491 e. The highest BCUT2D eigenvalue weighted by Gasteiger charge is 2.38. The fourth-order valence-electron chi connectivity index (χ4n) is 3.90. The molecule has 0 unspecified atom stereocenters. The first-order valence-electron chi connectivity index (χ1n) is 10.7. The Morgan fingerprint density at radius 3 is 2.68 bits per heavy atom. The van der Waals surface area contributed by atoms with E-state index in [0.29, 0.717) is 12.3 Å². The van der Waals surface area contributed by atoms with E-state index in [1.54, 1.807) is 28.4 Å². The minimum absolute atomic E-state index is 0.0176. The molecule has 4 rings (SSSR count). The van der Waals surface area contributed by atoms with Crippen LogP contribution in [0.5, 0.6) is 5.75 Å². The summed E-state index contributed by atoms with van der Waals surface area (Å²) in [4.78, 5) is 30.7. The molecule has 2 heterocycles. The van der Waals surface area contributed by atoms with Crippen LogP contribution in [0.1, 0.15) is 43.2 Å². The van der Waals surface area contributed by atoms with Gasteiger partial charge in [-0.15, -0.1) is 11.3 Å². The maximum atomic E-state index is 13.3. The third-order valence-corrected chi connectivity index (χ3v) is 6.60. The van der Waals surface area contributed by atoms with E-state index in [4.69, 9.17) is 4.74 Å². The highest BCUT2D eigenvalue weighted by atomic mass is 32.1. The number of halogens is 1. The number of amides is 3. The van der Waals surface area contributed by atoms with Gasteiger partial charge in [-0.1, -0.05) is 0 Å². The lowest BCUT2D eigenvalue weighted by atomic mass is 10.0. The predicted molar refractivity (Wildman–Crippen MR) is 118 cm³/mol. The van der Waals surface area contributed by atoms with Crippen LogP contribution in [-0.4, -0.2) is 53.5 Å². The summed E-state index contributed by atoms with van der Waals surface area (Å²) in [5.41, 5.74) is 1.09. The van der Waals surface area contributed by atoms with Crippen molar-refractivity contribution in [3.63, 3.8) is 0 Å². The average Bonchev–Trinajstić information content (AvgIpc) is 3.46. The number of rotatable bonds is 7. The fraction of sp³-hybridized carbons (Fsp3) is 0.478. The summed E-state index contributed by atoms with van der Waals surface area (Å²) in [5.74, 6) is 0.171. The van der Waals surface area contributed by atoms with Crippen LogP contribution in [0, 0.1) is 5.82 Å². The van der Waals surface area contributed by atoms with Gasteiger partial charge in [0.2, 0.25) is 5.91 Å². The number of thiophene rings is 1. The van der Waals surface area contributed by atoms with E-state index in [2.05, 4.69) is 5.32 Å². The zero-order chi connectivity index (χ0) is 22.0. The zero-order valence-corrected chi connectivity index (χ0v) is 18.7. The second kappa shape index (κ2) is 9.26. The van der Waals surface area contributed by atoms with E-state index in [0.717, 1.165) is 24.8 Å². The molecule has 0 saturated heterocycles. The van der Waals surface area contributed by atoms with Crippen molar-refractivity contribution in [2.75, 3.05) is 19.7 Å². The highest BCUT2D eigenvalue weighted by Crippen LogP contribution is 2.34. The van der Waals surface area contributed by atoms with E-state index >= 15 is 0 Å². The van der Waals surface area contributed by atoms with Crippen LogP contribution >= 0.6 is 11.3 Å². The average molecular weight is 446 g/mol. The van der Waals surface area contributed by atoms with Crippen molar-refractivity contribution in [3.05, 3.63) is 52.0 Å². The number of carbonyl (C=O) groups excluding carboxylic acids is 2. The fourth-order valence-corrected chi connectivity index (χ4v) is 4.83. The molecule has 3 amide bonds. The van der Waals surface area contributed by atoms with Crippen LogP contribution in [0.4, 0.5) is 9.18 Å². The first-order chi connectivity index (χ1) is 14.9. The molecule has 6 nitrogen and oxygen atoms in total. The molecule has 1 fully saturated rings. The molecule has 1 aliphatic heterocycles. The SMILES string of the molecule is CC(C)NC(=O)N(CC(=O)N1CCc2sccc2[C@H]1COc1ccc(F)cc1)C1CC1. The van der Waals surface area contributed by atoms with E-state index in [1.165, 1.54) is 17.0 Å². The van der Waals surface area contributed by atoms with Crippen molar-refractivity contribution in [2.24, 2.45) is 0 Å². The van der Waals surface area contributed by atoms with Crippen LogP contribution in [-0.2, 0) is 11.2 Å². The molecule has 1 aliphatic carbocycles. The smallest absolute Gasteiger partial charge is 0.318 e. The Morgan fingerprint density at radius 1 is 1.26 bits per heavy atom. The number of ether oxygens (including phenoxy) is 1. The Kier molecular flexibility index (Phi) is 6.46. The van der Waals surface area contributed by atoms with Gasteiger partial charge in [0.1, 0.15) is 24.7 Å². The van der Waals surface area contributed by atoms with E-state index in [-0.39, 0.29) is 49.0 Å². The molecule has 31 heavy (non-hydrogen) atoms. The minimum atomic E-state index is -0.318. The number of nitrogens with zero attached hydrogens (tertiary/aromatic N) is 2. The van der Waals surface area contributed by atoms with Gasteiger partial charge in [0, 0.05) is 23.5 Å². The van der Waals surface area contributed by atoms with Gasteiger partial charge in [0.15, 0.2) is 0 Å². The van der Waals surface area contributed by atoms with E-state index in [1.807, 2.05) is 30.2 Å². The molecule has 0 bridgehead atoms. The van der Waals surface area contributed by atoms with Gasteiger partial charge >= 0.3 is 6.03 Å². The normalized spacial score (nSPS) is 17.9. The predicted octanol–water partition coefficient (Wildman–Crippen LogP) is 3.97. The number of benzene rings is 1. The van der Waals surface area contributed by atoms with Crippen LogP contribution in [0.2, 0.25) is 0 Å². The molecular weight excluding hydrogens is 417 g/mol. The van der Waals surface area contributed by atoms with Gasteiger partial charge in [-0.25, -0.2) is 9.18 Å². The molecule has 0 radical (unpaired) electrons. The van der Waals surface area contributed by atoms with E-state index < -0.39 is 0 Å². The van der Waals surface area contributed by atoms with Gasteiger partial charge in [-0.3, -0.25) is 4.79 Å². The quantitative estimate of drug-likeness (QED) is 0.701. The second-order valence-electron chi connectivity index (χ2n) is 8.38. The number of nitrogens with one attached hydrogen (secondary N) is 1. The van der Waals surface area contributed by atoms with Gasteiger partial charge < -0.3 is 19.9 Å². The van der Waals surface area contributed by atoms with Crippen LogP contribution < -0.4 is 10.1 Å². The summed E-state index contributed by atoms with van der Waals surface area (Å²) in [6.45, 7) is 4.76.